The number of nitrogens with one attached hydrogen (secondary N) is 1. The number of carbonyl (C=O) groups excluding carboxylic acids is 3. The summed E-state index contributed by atoms with van der Waals surface area (Å²) in [6.45, 7) is 2.13. The van der Waals surface area contributed by atoms with Crippen LogP contribution in [0.4, 0.5) is 11.4 Å². The fourth-order valence-corrected chi connectivity index (χ4v) is 5.58. The number of carbonyl (C=O) groups is 3. The molecule has 0 aliphatic heterocycles. The molecule has 12 heteroatoms. The fraction of sp³-hybridized carbons (Fsp3) is 0.357. The number of para-hydroxylation sites is 2. The average Bonchev–Trinajstić information content (AvgIpc) is 3.61. The monoisotopic (exact) mass is 567 g/mol. The second kappa shape index (κ2) is 12.7. The minimum atomic E-state index is -1.24. The van der Waals surface area contributed by atoms with Crippen molar-refractivity contribution in [2.45, 2.75) is 44.7 Å². The van der Waals surface area contributed by atoms with Crippen molar-refractivity contribution in [2.75, 3.05) is 31.5 Å². The Kier molecular flexibility index (Phi) is 9.10. The SMILES string of the molecule is CCOc1ccccc1N(C(=O)c1snc(C(N)=O)c1N)C(C(=O)NC1CCCC1)c1cc(OC)ccc1OC. The molecule has 0 radical (unpaired) electrons. The highest BCUT2D eigenvalue weighted by Crippen LogP contribution is 2.41. The van der Waals surface area contributed by atoms with Gasteiger partial charge in [0.15, 0.2) is 5.69 Å². The molecule has 40 heavy (non-hydrogen) atoms. The molecular formula is C28H33N5O6S. The van der Waals surface area contributed by atoms with Gasteiger partial charge in [0.05, 0.1) is 32.2 Å². The third-order valence-corrected chi connectivity index (χ3v) is 7.59. The van der Waals surface area contributed by atoms with Crippen molar-refractivity contribution in [1.29, 1.82) is 0 Å². The highest BCUT2D eigenvalue weighted by Gasteiger charge is 2.39. The first kappa shape index (κ1) is 28.7. The predicted octanol–water partition coefficient (Wildman–Crippen LogP) is 3.69. The summed E-state index contributed by atoms with van der Waals surface area (Å²) in [6.07, 6.45) is 3.67. The molecule has 0 spiro atoms. The van der Waals surface area contributed by atoms with Gasteiger partial charge in [-0.1, -0.05) is 25.0 Å². The van der Waals surface area contributed by atoms with Gasteiger partial charge in [0.25, 0.3) is 11.8 Å². The summed E-state index contributed by atoms with van der Waals surface area (Å²) in [6, 6.07) is 10.6. The summed E-state index contributed by atoms with van der Waals surface area (Å²) in [5.41, 5.74) is 11.9. The number of benzene rings is 2. The van der Waals surface area contributed by atoms with E-state index in [0.29, 0.717) is 35.1 Å². The summed E-state index contributed by atoms with van der Waals surface area (Å²) < 4.78 is 21.0. The zero-order valence-electron chi connectivity index (χ0n) is 22.6. The van der Waals surface area contributed by atoms with Crippen molar-refractivity contribution >= 4 is 40.6 Å². The number of aromatic nitrogens is 1. The summed E-state index contributed by atoms with van der Waals surface area (Å²) in [7, 11) is 2.99. The Morgan fingerprint density at radius 2 is 1.82 bits per heavy atom. The van der Waals surface area contributed by atoms with Crippen molar-refractivity contribution in [3.63, 3.8) is 0 Å². The van der Waals surface area contributed by atoms with Gasteiger partial charge in [0, 0.05) is 11.6 Å². The number of amides is 3. The molecule has 1 saturated carbocycles. The lowest BCUT2D eigenvalue weighted by molar-refractivity contribution is -0.123. The zero-order valence-corrected chi connectivity index (χ0v) is 23.5. The zero-order chi connectivity index (χ0) is 28.8. The van der Waals surface area contributed by atoms with Crippen LogP contribution in [0.3, 0.4) is 0 Å². The van der Waals surface area contributed by atoms with Gasteiger partial charge < -0.3 is 31.0 Å². The van der Waals surface area contributed by atoms with Crippen LogP contribution in [0, 0.1) is 0 Å². The van der Waals surface area contributed by atoms with Crippen LogP contribution in [0.15, 0.2) is 42.5 Å². The Bertz CT molecular complexity index is 1390. The van der Waals surface area contributed by atoms with Crippen molar-refractivity contribution < 1.29 is 28.6 Å². The first-order valence-electron chi connectivity index (χ1n) is 12.9. The second-order valence-electron chi connectivity index (χ2n) is 9.21. The molecule has 1 aromatic heterocycles. The van der Waals surface area contributed by atoms with Gasteiger partial charge in [0.2, 0.25) is 5.91 Å². The molecule has 212 valence electrons. The Morgan fingerprint density at radius 3 is 2.45 bits per heavy atom. The fourth-order valence-electron chi connectivity index (χ4n) is 4.84. The van der Waals surface area contributed by atoms with Crippen LogP contribution >= 0.6 is 11.5 Å². The Hall–Kier alpha value is -4.32. The van der Waals surface area contributed by atoms with Gasteiger partial charge in [-0.25, -0.2) is 0 Å². The number of nitrogens with two attached hydrogens (primary N) is 2. The lowest BCUT2D eigenvalue weighted by atomic mass is 10.00. The molecule has 1 heterocycles. The molecule has 3 amide bonds. The highest BCUT2D eigenvalue weighted by molar-refractivity contribution is 7.09. The number of methoxy groups -OCH3 is 2. The van der Waals surface area contributed by atoms with E-state index in [1.165, 1.54) is 19.1 Å². The Labute approximate surface area is 236 Å². The van der Waals surface area contributed by atoms with Gasteiger partial charge in [-0.2, -0.15) is 4.37 Å². The molecule has 5 N–H and O–H groups in total. The highest BCUT2D eigenvalue weighted by atomic mass is 32.1. The van der Waals surface area contributed by atoms with Gasteiger partial charge in [-0.3, -0.25) is 19.3 Å². The molecule has 1 fully saturated rings. The molecule has 11 nitrogen and oxygen atoms in total. The molecule has 3 aromatic rings. The van der Waals surface area contributed by atoms with Crippen LogP contribution in [0.5, 0.6) is 17.2 Å². The molecule has 1 aliphatic rings. The number of nitrogens with zero attached hydrogens (tertiary/aromatic N) is 2. The molecule has 1 aliphatic carbocycles. The molecule has 4 rings (SSSR count). The quantitative estimate of drug-likeness (QED) is 0.316. The van der Waals surface area contributed by atoms with Crippen molar-refractivity contribution in [1.82, 2.24) is 9.69 Å². The maximum Gasteiger partial charge on any atom is 0.273 e. The molecule has 0 bridgehead atoms. The normalized spacial score (nSPS) is 13.9. The molecular weight excluding hydrogens is 534 g/mol. The van der Waals surface area contributed by atoms with E-state index in [9.17, 15) is 14.4 Å². The summed E-state index contributed by atoms with van der Waals surface area (Å²) in [4.78, 5) is 41.8. The number of primary amides is 1. The molecule has 0 saturated heterocycles. The van der Waals surface area contributed by atoms with Gasteiger partial charge in [0.1, 0.15) is 28.2 Å². The first-order chi connectivity index (χ1) is 19.3. The Morgan fingerprint density at radius 1 is 1.10 bits per heavy atom. The van der Waals surface area contributed by atoms with E-state index < -0.39 is 23.8 Å². The maximum atomic E-state index is 14.4. The van der Waals surface area contributed by atoms with E-state index in [4.69, 9.17) is 25.7 Å². The standard InChI is InChI=1S/C28H33N5O6S/c1-4-39-21-12-8-7-11-19(21)33(28(36)25-22(29)23(26(30)34)32-40-25)24(27(35)31-16-9-5-6-10-16)18-15-17(37-2)13-14-20(18)38-3/h7-8,11-16,24H,4-6,9-10,29H2,1-3H3,(H2,30,34)(H,31,35). The summed E-state index contributed by atoms with van der Waals surface area (Å²) >= 11 is 0.734. The number of anilines is 2. The summed E-state index contributed by atoms with van der Waals surface area (Å²) in [5.74, 6) is -0.735. The van der Waals surface area contributed by atoms with Crippen LogP contribution < -0.4 is 35.9 Å². The first-order valence-corrected chi connectivity index (χ1v) is 13.7. The van der Waals surface area contributed by atoms with E-state index in [2.05, 4.69) is 9.69 Å². The average molecular weight is 568 g/mol. The van der Waals surface area contributed by atoms with Crippen LogP contribution in [-0.4, -0.2) is 49.0 Å². The number of hydrogen-bond donors (Lipinski definition) is 3. The summed E-state index contributed by atoms with van der Waals surface area (Å²) in [5, 5.41) is 3.12. The van der Waals surface area contributed by atoms with Crippen molar-refractivity contribution in [3.05, 3.63) is 58.6 Å². The third kappa shape index (κ3) is 5.81. The number of ether oxygens (including phenoxy) is 3. The smallest absolute Gasteiger partial charge is 0.273 e. The van der Waals surface area contributed by atoms with E-state index >= 15 is 0 Å². The predicted molar refractivity (Wildman–Crippen MR) is 152 cm³/mol. The van der Waals surface area contributed by atoms with E-state index in [1.54, 1.807) is 42.5 Å². The maximum absolute atomic E-state index is 14.4. The van der Waals surface area contributed by atoms with E-state index in [1.807, 2.05) is 6.92 Å². The molecule has 1 unspecified atom stereocenters. The van der Waals surface area contributed by atoms with Crippen LogP contribution in [0.25, 0.3) is 0 Å². The molecule has 2 aromatic carbocycles. The van der Waals surface area contributed by atoms with Crippen LogP contribution in [0.1, 0.15) is 64.4 Å². The van der Waals surface area contributed by atoms with E-state index in [-0.39, 0.29) is 22.3 Å². The number of rotatable bonds is 11. The largest absolute Gasteiger partial charge is 0.497 e. The van der Waals surface area contributed by atoms with Crippen LogP contribution in [-0.2, 0) is 4.79 Å². The lowest BCUT2D eigenvalue weighted by Gasteiger charge is -2.33. The molecule has 1 atom stereocenters. The minimum Gasteiger partial charge on any atom is -0.497 e. The van der Waals surface area contributed by atoms with E-state index in [0.717, 1.165) is 37.2 Å². The Balaban J connectivity index is 1.97. The number of nitrogen functional groups attached to an aromatic ring is 1. The minimum absolute atomic E-state index is 0.0411. The number of hydrogen-bond acceptors (Lipinski definition) is 9. The second-order valence-corrected chi connectivity index (χ2v) is 9.99. The van der Waals surface area contributed by atoms with Crippen LogP contribution in [0.2, 0.25) is 0 Å². The van der Waals surface area contributed by atoms with Crippen molar-refractivity contribution in [3.8, 4) is 17.2 Å². The topological polar surface area (TPSA) is 159 Å². The van der Waals surface area contributed by atoms with Crippen molar-refractivity contribution in [2.24, 2.45) is 5.73 Å². The van der Waals surface area contributed by atoms with Gasteiger partial charge in [-0.05, 0) is 61.6 Å². The van der Waals surface area contributed by atoms with Gasteiger partial charge in [-0.15, -0.1) is 0 Å². The third-order valence-electron chi connectivity index (χ3n) is 6.74. The lowest BCUT2D eigenvalue weighted by Crippen LogP contribution is -2.46. The van der Waals surface area contributed by atoms with Gasteiger partial charge >= 0.3 is 0 Å².